The number of carbonyl (C=O) groups excluding carboxylic acids is 1. The molecule has 0 bridgehead atoms. The predicted molar refractivity (Wildman–Crippen MR) is 87.0 cm³/mol. The number of benzene rings is 2. The molecule has 0 aromatic heterocycles. The van der Waals surface area contributed by atoms with Gasteiger partial charge in [0.2, 0.25) is 0 Å². The van der Waals surface area contributed by atoms with Crippen LogP contribution < -0.4 is 4.74 Å². The van der Waals surface area contributed by atoms with Crippen molar-refractivity contribution in [2.24, 2.45) is 0 Å². The Labute approximate surface area is 131 Å². The van der Waals surface area contributed by atoms with Gasteiger partial charge in [0.15, 0.2) is 0 Å². The van der Waals surface area contributed by atoms with Crippen LogP contribution in [0.4, 0.5) is 4.79 Å². The Bertz CT molecular complexity index is 593. The molecule has 1 atom stereocenters. The zero-order valence-electron chi connectivity index (χ0n) is 13.1. The number of rotatable bonds is 6. The molecule has 0 spiro atoms. The Kier molecular flexibility index (Phi) is 6.01. The van der Waals surface area contributed by atoms with Gasteiger partial charge in [-0.05, 0) is 30.0 Å². The standard InChI is InChI=1S/C19H22O3/c1-3-10-15-13-8-9-14-18(15)22-19(20)21-17(4-2)16-11-6-5-7-12-16/h5-9,11-14,17H,3-4,10H2,1-2H3. The van der Waals surface area contributed by atoms with Crippen molar-refractivity contribution < 1.29 is 14.3 Å². The summed E-state index contributed by atoms with van der Waals surface area (Å²) in [7, 11) is 0. The highest BCUT2D eigenvalue weighted by molar-refractivity contribution is 5.65. The van der Waals surface area contributed by atoms with Crippen LogP contribution in [0.1, 0.15) is 43.9 Å². The van der Waals surface area contributed by atoms with Crippen LogP contribution in [-0.4, -0.2) is 6.16 Å². The molecule has 0 aliphatic heterocycles. The van der Waals surface area contributed by atoms with E-state index < -0.39 is 6.16 Å². The summed E-state index contributed by atoms with van der Waals surface area (Å²) in [6.07, 6.45) is 1.64. The van der Waals surface area contributed by atoms with E-state index in [0.717, 1.165) is 24.0 Å². The summed E-state index contributed by atoms with van der Waals surface area (Å²) in [5.41, 5.74) is 2.00. The average molecular weight is 298 g/mol. The molecular weight excluding hydrogens is 276 g/mol. The minimum atomic E-state index is -0.653. The Morgan fingerprint density at radius 2 is 1.68 bits per heavy atom. The first kappa shape index (κ1) is 16.1. The van der Waals surface area contributed by atoms with E-state index in [9.17, 15) is 4.79 Å². The summed E-state index contributed by atoms with van der Waals surface area (Å²) < 4.78 is 10.9. The molecule has 2 rings (SSSR count). The second kappa shape index (κ2) is 8.23. The first-order valence-electron chi connectivity index (χ1n) is 7.75. The van der Waals surface area contributed by atoms with Crippen LogP contribution >= 0.6 is 0 Å². The molecule has 0 radical (unpaired) electrons. The van der Waals surface area contributed by atoms with Gasteiger partial charge in [-0.3, -0.25) is 0 Å². The topological polar surface area (TPSA) is 35.5 Å². The molecule has 0 N–H and O–H groups in total. The van der Waals surface area contributed by atoms with Crippen molar-refractivity contribution in [1.29, 1.82) is 0 Å². The molecule has 2 aromatic carbocycles. The van der Waals surface area contributed by atoms with Gasteiger partial charge in [-0.2, -0.15) is 0 Å². The van der Waals surface area contributed by atoms with Gasteiger partial charge in [-0.25, -0.2) is 4.79 Å². The van der Waals surface area contributed by atoms with Crippen molar-refractivity contribution in [3.8, 4) is 5.75 Å². The minimum Gasteiger partial charge on any atom is -0.426 e. The number of hydrogen-bond donors (Lipinski definition) is 0. The van der Waals surface area contributed by atoms with Crippen LogP contribution in [-0.2, 0) is 11.2 Å². The van der Waals surface area contributed by atoms with Gasteiger partial charge >= 0.3 is 6.16 Å². The van der Waals surface area contributed by atoms with Gasteiger partial charge in [-0.1, -0.05) is 68.8 Å². The SMILES string of the molecule is CCCc1ccccc1OC(=O)OC(CC)c1ccccc1. The highest BCUT2D eigenvalue weighted by Gasteiger charge is 2.17. The zero-order valence-corrected chi connectivity index (χ0v) is 13.1. The quantitative estimate of drug-likeness (QED) is 0.536. The number of hydrogen-bond acceptors (Lipinski definition) is 3. The Morgan fingerprint density at radius 1 is 1.00 bits per heavy atom. The molecule has 1 unspecified atom stereocenters. The summed E-state index contributed by atoms with van der Waals surface area (Å²) in [6.45, 7) is 4.08. The minimum absolute atomic E-state index is 0.285. The molecule has 116 valence electrons. The Morgan fingerprint density at radius 3 is 2.36 bits per heavy atom. The lowest BCUT2D eigenvalue weighted by atomic mass is 10.1. The third-order valence-corrected chi connectivity index (χ3v) is 3.47. The molecular formula is C19H22O3. The molecule has 3 heteroatoms. The van der Waals surface area contributed by atoms with Crippen molar-refractivity contribution in [3.63, 3.8) is 0 Å². The molecule has 0 aliphatic rings. The Balaban J connectivity index is 2.03. The van der Waals surface area contributed by atoms with Gasteiger partial charge in [-0.15, -0.1) is 0 Å². The van der Waals surface area contributed by atoms with Crippen molar-refractivity contribution in [2.45, 2.75) is 39.2 Å². The van der Waals surface area contributed by atoms with Gasteiger partial charge in [0.1, 0.15) is 11.9 Å². The lowest BCUT2D eigenvalue weighted by molar-refractivity contribution is 0.0558. The molecule has 0 saturated carbocycles. The normalized spacial score (nSPS) is 11.7. The molecule has 3 nitrogen and oxygen atoms in total. The number of ether oxygens (including phenoxy) is 2. The number of para-hydroxylation sites is 1. The van der Waals surface area contributed by atoms with E-state index in [-0.39, 0.29) is 6.10 Å². The fourth-order valence-corrected chi connectivity index (χ4v) is 2.36. The van der Waals surface area contributed by atoms with E-state index in [4.69, 9.17) is 9.47 Å². The largest absolute Gasteiger partial charge is 0.514 e. The van der Waals surface area contributed by atoms with Gasteiger partial charge in [0.05, 0.1) is 0 Å². The van der Waals surface area contributed by atoms with E-state index >= 15 is 0 Å². The average Bonchev–Trinajstić information content (AvgIpc) is 2.55. The maximum absolute atomic E-state index is 12.1. The van der Waals surface area contributed by atoms with Crippen molar-refractivity contribution in [1.82, 2.24) is 0 Å². The number of carbonyl (C=O) groups is 1. The second-order valence-corrected chi connectivity index (χ2v) is 5.14. The van der Waals surface area contributed by atoms with E-state index in [1.165, 1.54) is 0 Å². The van der Waals surface area contributed by atoms with Gasteiger partial charge < -0.3 is 9.47 Å². The van der Waals surface area contributed by atoms with Crippen LogP contribution in [0.5, 0.6) is 5.75 Å². The van der Waals surface area contributed by atoms with Crippen LogP contribution in [0.2, 0.25) is 0 Å². The maximum atomic E-state index is 12.1. The summed E-state index contributed by atoms with van der Waals surface area (Å²) >= 11 is 0. The third-order valence-electron chi connectivity index (χ3n) is 3.47. The predicted octanol–water partition coefficient (Wildman–Crippen LogP) is 5.31. The lowest BCUT2D eigenvalue weighted by Gasteiger charge is -2.17. The van der Waals surface area contributed by atoms with E-state index in [1.54, 1.807) is 6.07 Å². The van der Waals surface area contributed by atoms with Crippen LogP contribution in [0, 0.1) is 0 Å². The summed E-state index contributed by atoms with van der Waals surface area (Å²) in [6, 6.07) is 17.3. The Hall–Kier alpha value is -2.29. The monoisotopic (exact) mass is 298 g/mol. The van der Waals surface area contributed by atoms with Crippen molar-refractivity contribution >= 4 is 6.16 Å². The van der Waals surface area contributed by atoms with E-state index in [1.807, 2.05) is 55.5 Å². The fourth-order valence-electron chi connectivity index (χ4n) is 2.36. The molecule has 0 aliphatic carbocycles. The first-order valence-corrected chi connectivity index (χ1v) is 7.75. The fraction of sp³-hybridized carbons (Fsp3) is 0.316. The molecule has 0 saturated heterocycles. The summed E-state index contributed by atoms with van der Waals surface area (Å²) in [5.74, 6) is 0.581. The van der Waals surface area contributed by atoms with Gasteiger partial charge in [0.25, 0.3) is 0 Å². The van der Waals surface area contributed by atoms with Crippen LogP contribution in [0.25, 0.3) is 0 Å². The number of aryl methyl sites for hydroxylation is 1. The molecule has 0 amide bonds. The molecule has 0 fully saturated rings. The van der Waals surface area contributed by atoms with E-state index in [2.05, 4.69) is 6.92 Å². The summed E-state index contributed by atoms with van der Waals surface area (Å²) in [4.78, 5) is 12.1. The second-order valence-electron chi connectivity index (χ2n) is 5.14. The highest BCUT2D eigenvalue weighted by Crippen LogP contribution is 2.24. The smallest absolute Gasteiger partial charge is 0.426 e. The highest BCUT2D eigenvalue weighted by atomic mass is 16.7. The summed E-state index contributed by atoms with van der Waals surface area (Å²) in [5, 5.41) is 0. The van der Waals surface area contributed by atoms with Crippen molar-refractivity contribution in [2.75, 3.05) is 0 Å². The molecule has 22 heavy (non-hydrogen) atoms. The zero-order chi connectivity index (χ0) is 15.8. The molecule has 2 aromatic rings. The first-order chi connectivity index (χ1) is 10.7. The van der Waals surface area contributed by atoms with Crippen molar-refractivity contribution in [3.05, 3.63) is 65.7 Å². The van der Waals surface area contributed by atoms with Crippen LogP contribution in [0.15, 0.2) is 54.6 Å². The third kappa shape index (κ3) is 4.35. The molecule has 0 heterocycles. The lowest BCUT2D eigenvalue weighted by Crippen LogP contribution is -2.15. The van der Waals surface area contributed by atoms with E-state index in [0.29, 0.717) is 12.2 Å². The van der Waals surface area contributed by atoms with Crippen LogP contribution in [0.3, 0.4) is 0 Å². The maximum Gasteiger partial charge on any atom is 0.514 e. The van der Waals surface area contributed by atoms with Gasteiger partial charge in [0, 0.05) is 0 Å².